The number of para-hydroxylation sites is 2. The number of carbonyl (C=O) groups excluding carboxylic acids is 1. The Bertz CT molecular complexity index is 788. The predicted octanol–water partition coefficient (Wildman–Crippen LogP) is 4.09. The molecule has 4 nitrogen and oxygen atoms in total. The molecule has 106 valence electrons. The molecule has 0 aliphatic carbocycles. The average molecular weight is 298 g/mol. The normalized spacial score (nSPS) is 11.5. The zero-order valence-electron chi connectivity index (χ0n) is 11.5. The third kappa shape index (κ3) is 2.78. The Balaban J connectivity index is 2.01. The quantitative estimate of drug-likeness (QED) is 0.537. The Morgan fingerprint density at radius 3 is 2.95 bits per heavy atom. The molecule has 0 N–H and O–H groups in total. The van der Waals surface area contributed by atoms with Crippen molar-refractivity contribution in [1.29, 1.82) is 0 Å². The van der Waals surface area contributed by atoms with Gasteiger partial charge in [0, 0.05) is 6.08 Å². The molecule has 0 spiro atoms. The summed E-state index contributed by atoms with van der Waals surface area (Å²) in [7, 11) is 0. The minimum atomic E-state index is -0.129. The second-order valence-corrected chi connectivity index (χ2v) is 5.57. The molecule has 0 aliphatic heterocycles. The Hall–Kier alpha value is -2.27. The number of imidazole rings is 1. The Morgan fingerprint density at radius 1 is 1.33 bits per heavy atom. The summed E-state index contributed by atoms with van der Waals surface area (Å²) in [6.45, 7) is 2.04. The molecule has 5 heteroatoms. The first kappa shape index (κ1) is 13.7. The van der Waals surface area contributed by atoms with Crippen molar-refractivity contribution < 1.29 is 9.21 Å². The first-order chi connectivity index (χ1) is 10.3. The van der Waals surface area contributed by atoms with Crippen molar-refractivity contribution in [2.45, 2.75) is 12.1 Å². The number of furan rings is 1. The molecule has 0 unspecified atom stereocenters. The van der Waals surface area contributed by atoms with E-state index in [1.54, 1.807) is 40.8 Å². The third-order valence-corrected chi connectivity index (χ3v) is 3.78. The van der Waals surface area contributed by atoms with Gasteiger partial charge in [-0.1, -0.05) is 30.8 Å². The molecule has 3 rings (SSSR count). The van der Waals surface area contributed by atoms with Crippen LogP contribution in [0.1, 0.15) is 17.5 Å². The smallest absolute Gasteiger partial charge is 0.257 e. The van der Waals surface area contributed by atoms with Crippen molar-refractivity contribution in [1.82, 2.24) is 9.55 Å². The van der Waals surface area contributed by atoms with Gasteiger partial charge in [-0.25, -0.2) is 4.98 Å². The molecule has 0 saturated carbocycles. The van der Waals surface area contributed by atoms with Gasteiger partial charge in [0.2, 0.25) is 0 Å². The number of allylic oxidation sites excluding steroid dienone is 1. The Kier molecular flexibility index (Phi) is 3.92. The van der Waals surface area contributed by atoms with Gasteiger partial charge in [0.05, 0.1) is 17.3 Å². The number of aromatic nitrogens is 2. The van der Waals surface area contributed by atoms with E-state index in [4.69, 9.17) is 4.42 Å². The summed E-state index contributed by atoms with van der Waals surface area (Å²) in [5.41, 5.74) is 1.65. The van der Waals surface area contributed by atoms with Gasteiger partial charge in [0.15, 0.2) is 5.16 Å². The van der Waals surface area contributed by atoms with Gasteiger partial charge >= 0.3 is 0 Å². The van der Waals surface area contributed by atoms with Crippen LogP contribution in [-0.2, 0) is 0 Å². The van der Waals surface area contributed by atoms with Crippen molar-refractivity contribution in [3.63, 3.8) is 0 Å². The number of nitrogens with zero attached hydrogens (tertiary/aromatic N) is 2. The minimum absolute atomic E-state index is 0.129. The maximum atomic E-state index is 12.5. The van der Waals surface area contributed by atoms with E-state index in [1.165, 1.54) is 6.08 Å². The van der Waals surface area contributed by atoms with Crippen LogP contribution in [0.15, 0.2) is 58.3 Å². The van der Waals surface area contributed by atoms with Crippen LogP contribution < -0.4 is 0 Å². The molecule has 2 heterocycles. The fourth-order valence-corrected chi connectivity index (χ4v) is 2.80. The number of hydrogen-bond donors (Lipinski definition) is 0. The number of fused-ring (bicyclic) bond motifs is 1. The number of thioether (sulfide) groups is 1. The molecule has 1 aromatic carbocycles. The van der Waals surface area contributed by atoms with Gasteiger partial charge in [-0.2, -0.15) is 0 Å². The Labute approximate surface area is 126 Å². The van der Waals surface area contributed by atoms with E-state index in [9.17, 15) is 4.79 Å². The van der Waals surface area contributed by atoms with Crippen LogP contribution in [0, 0.1) is 0 Å². The highest BCUT2D eigenvalue weighted by Gasteiger charge is 2.14. The molecule has 0 atom stereocenters. The summed E-state index contributed by atoms with van der Waals surface area (Å²) in [5, 5.41) is 0.716. The second kappa shape index (κ2) is 6.01. The number of rotatable bonds is 4. The van der Waals surface area contributed by atoms with Gasteiger partial charge in [-0.05, 0) is 36.1 Å². The highest BCUT2D eigenvalue weighted by molar-refractivity contribution is 7.99. The summed E-state index contributed by atoms with van der Waals surface area (Å²) >= 11 is 1.55. The lowest BCUT2D eigenvalue weighted by Gasteiger charge is -2.03. The van der Waals surface area contributed by atoms with E-state index in [-0.39, 0.29) is 5.91 Å². The first-order valence-corrected chi connectivity index (χ1v) is 7.64. The maximum Gasteiger partial charge on any atom is 0.257 e. The summed E-state index contributed by atoms with van der Waals surface area (Å²) in [4.78, 5) is 17.0. The van der Waals surface area contributed by atoms with Crippen LogP contribution in [0.2, 0.25) is 0 Å². The van der Waals surface area contributed by atoms with E-state index < -0.39 is 0 Å². The maximum absolute atomic E-state index is 12.5. The van der Waals surface area contributed by atoms with Crippen molar-refractivity contribution in [2.24, 2.45) is 0 Å². The lowest BCUT2D eigenvalue weighted by atomic mass is 10.3. The molecule has 0 amide bonds. The molecule has 0 aliphatic rings. The molecule has 21 heavy (non-hydrogen) atoms. The molecular formula is C16H14N2O2S. The molecule has 0 radical (unpaired) electrons. The second-order valence-electron chi connectivity index (χ2n) is 4.34. The summed E-state index contributed by atoms with van der Waals surface area (Å²) < 4.78 is 6.84. The fraction of sp³-hybridized carbons (Fsp3) is 0.125. The lowest BCUT2D eigenvalue weighted by molar-refractivity contribution is 0.0965. The summed E-state index contributed by atoms with van der Waals surface area (Å²) in [6, 6.07) is 11.2. The van der Waals surface area contributed by atoms with Crippen LogP contribution in [-0.4, -0.2) is 21.2 Å². The third-order valence-electron chi connectivity index (χ3n) is 2.96. The van der Waals surface area contributed by atoms with Crippen molar-refractivity contribution in [2.75, 3.05) is 5.75 Å². The lowest BCUT2D eigenvalue weighted by Crippen LogP contribution is -2.08. The highest BCUT2D eigenvalue weighted by atomic mass is 32.2. The Morgan fingerprint density at radius 2 is 2.19 bits per heavy atom. The number of benzene rings is 1. The topological polar surface area (TPSA) is 48.0 Å². The van der Waals surface area contributed by atoms with E-state index in [0.29, 0.717) is 10.9 Å². The zero-order valence-corrected chi connectivity index (χ0v) is 12.3. The van der Waals surface area contributed by atoms with E-state index in [1.807, 2.05) is 31.2 Å². The van der Waals surface area contributed by atoms with Gasteiger partial charge in [-0.15, -0.1) is 0 Å². The zero-order chi connectivity index (χ0) is 14.7. The summed E-state index contributed by atoms with van der Waals surface area (Å²) in [6.07, 6.45) is 4.75. The van der Waals surface area contributed by atoms with Crippen molar-refractivity contribution in [3.05, 3.63) is 54.5 Å². The molecule has 0 saturated heterocycles. The minimum Gasteiger partial charge on any atom is -0.465 e. The molecule has 3 aromatic rings. The fourth-order valence-electron chi connectivity index (χ4n) is 2.06. The molecule has 0 fully saturated rings. The predicted molar refractivity (Wildman–Crippen MR) is 84.5 cm³/mol. The highest BCUT2D eigenvalue weighted by Crippen LogP contribution is 2.24. The van der Waals surface area contributed by atoms with Crippen LogP contribution in [0.3, 0.4) is 0 Å². The van der Waals surface area contributed by atoms with Gasteiger partial charge in [-0.3, -0.25) is 9.36 Å². The molecule has 2 aromatic heterocycles. The van der Waals surface area contributed by atoms with Crippen LogP contribution >= 0.6 is 11.8 Å². The van der Waals surface area contributed by atoms with E-state index >= 15 is 0 Å². The molecular weight excluding hydrogens is 284 g/mol. The van der Waals surface area contributed by atoms with Crippen molar-refractivity contribution >= 4 is 34.8 Å². The first-order valence-electron chi connectivity index (χ1n) is 6.66. The summed E-state index contributed by atoms with van der Waals surface area (Å²) in [5.74, 6) is 1.38. The van der Waals surface area contributed by atoms with Gasteiger partial charge in [0.25, 0.3) is 5.91 Å². The SMILES string of the molecule is CCSc1nc2ccccc2n1C(=O)C=Cc1ccco1. The number of carbonyl (C=O) groups is 1. The van der Waals surface area contributed by atoms with Gasteiger partial charge < -0.3 is 4.42 Å². The van der Waals surface area contributed by atoms with Crippen LogP contribution in [0.5, 0.6) is 0 Å². The monoisotopic (exact) mass is 298 g/mol. The van der Waals surface area contributed by atoms with Gasteiger partial charge in [0.1, 0.15) is 5.76 Å². The molecule has 0 bridgehead atoms. The average Bonchev–Trinajstić information content (AvgIpc) is 3.12. The van der Waals surface area contributed by atoms with Crippen molar-refractivity contribution in [3.8, 4) is 0 Å². The largest absolute Gasteiger partial charge is 0.465 e. The van der Waals surface area contributed by atoms with E-state index in [2.05, 4.69) is 4.98 Å². The van der Waals surface area contributed by atoms with Crippen LogP contribution in [0.4, 0.5) is 0 Å². The van der Waals surface area contributed by atoms with E-state index in [0.717, 1.165) is 16.8 Å². The van der Waals surface area contributed by atoms with Crippen LogP contribution in [0.25, 0.3) is 17.1 Å². The standard InChI is InChI=1S/C16H14N2O2S/c1-2-21-16-17-13-7-3-4-8-14(13)18(16)15(19)10-9-12-6-5-11-20-12/h3-11H,2H2,1H3. The number of hydrogen-bond acceptors (Lipinski definition) is 4.